The Morgan fingerprint density at radius 2 is 1.12 bits per heavy atom. The molecule has 0 aromatic rings. The lowest BCUT2D eigenvalue weighted by Crippen LogP contribution is -2.06. The molecule has 0 bridgehead atoms. The van der Waals surface area contributed by atoms with Crippen LogP contribution < -0.4 is 0 Å². The Bertz CT molecular complexity index is 260. The van der Waals surface area contributed by atoms with Crippen LogP contribution >= 0.6 is 7.92 Å². The van der Waals surface area contributed by atoms with Crippen molar-refractivity contribution < 1.29 is 29.7 Å². The van der Waals surface area contributed by atoms with Crippen molar-refractivity contribution in [2.75, 3.05) is 18.5 Å². The van der Waals surface area contributed by atoms with Crippen molar-refractivity contribution in [3.05, 3.63) is 0 Å². The van der Waals surface area contributed by atoms with Gasteiger partial charge in [-0.3, -0.25) is 14.4 Å². The molecule has 0 spiro atoms. The van der Waals surface area contributed by atoms with Gasteiger partial charge in [-0.1, -0.05) is 0 Å². The highest BCUT2D eigenvalue weighted by Crippen LogP contribution is 2.37. The standard InChI is InChI=1S/C10H17O6P/c11-8(12)2-1-5-17(6-3-9(13)14)7-4-10(15)16/h1-7H2,(H,11,12)(H,13,14)(H,15,16). The molecule has 0 radical (unpaired) electrons. The van der Waals surface area contributed by atoms with Gasteiger partial charge in [0.1, 0.15) is 0 Å². The Labute approximate surface area is 100 Å². The zero-order valence-corrected chi connectivity index (χ0v) is 10.4. The van der Waals surface area contributed by atoms with Crippen LogP contribution in [0.2, 0.25) is 0 Å². The van der Waals surface area contributed by atoms with E-state index in [4.69, 9.17) is 15.3 Å². The molecule has 0 atom stereocenters. The zero-order chi connectivity index (χ0) is 13.3. The van der Waals surface area contributed by atoms with Gasteiger partial charge in [0.05, 0.1) is 0 Å². The number of carboxylic acids is 3. The number of carboxylic acid groups (broad SMARTS) is 3. The van der Waals surface area contributed by atoms with E-state index < -0.39 is 25.8 Å². The van der Waals surface area contributed by atoms with E-state index in [9.17, 15) is 14.4 Å². The average molecular weight is 264 g/mol. The highest BCUT2D eigenvalue weighted by molar-refractivity contribution is 7.57. The summed E-state index contributed by atoms with van der Waals surface area (Å²) >= 11 is 0. The topological polar surface area (TPSA) is 112 Å². The van der Waals surface area contributed by atoms with Gasteiger partial charge in [-0.05, 0) is 24.9 Å². The molecule has 0 aromatic heterocycles. The second-order valence-electron chi connectivity index (χ2n) is 3.63. The molecule has 3 N–H and O–H groups in total. The van der Waals surface area contributed by atoms with Gasteiger partial charge < -0.3 is 15.3 Å². The van der Waals surface area contributed by atoms with Crippen molar-refractivity contribution in [2.24, 2.45) is 0 Å². The monoisotopic (exact) mass is 264 g/mol. The van der Waals surface area contributed by atoms with Crippen molar-refractivity contribution in [3.63, 3.8) is 0 Å². The largest absolute Gasteiger partial charge is 0.481 e. The molecule has 0 heterocycles. The van der Waals surface area contributed by atoms with E-state index in [1.807, 2.05) is 0 Å². The van der Waals surface area contributed by atoms with Crippen LogP contribution in [0.3, 0.4) is 0 Å². The maximum absolute atomic E-state index is 10.4. The molecule has 0 rings (SSSR count). The molecule has 7 heteroatoms. The third-order valence-corrected chi connectivity index (χ3v) is 4.81. The Morgan fingerprint density at radius 1 is 0.706 bits per heavy atom. The first kappa shape index (κ1) is 15.8. The van der Waals surface area contributed by atoms with Crippen LogP contribution in [0.15, 0.2) is 0 Å². The first-order chi connectivity index (χ1) is 7.91. The molecule has 98 valence electrons. The molecule has 0 aliphatic rings. The van der Waals surface area contributed by atoms with Crippen molar-refractivity contribution >= 4 is 25.8 Å². The molecule has 6 nitrogen and oxygen atoms in total. The summed E-state index contributed by atoms with van der Waals surface area (Å²) in [7, 11) is -0.681. The van der Waals surface area contributed by atoms with Crippen molar-refractivity contribution in [1.29, 1.82) is 0 Å². The SMILES string of the molecule is O=C(O)CCCP(CCC(=O)O)CCC(=O)O. The van der Waals surface area contributed by atoms with E-state index in [0.717, 1.165) is 0 Å². The second kappa shape index (κ2) is 8.93. The molecule has 0 aliphatic heterocycles. The molecular weight excluding hydrogens is 247 g/mol. The average Bonchev–Trinajstić information content (AvgIpc) is 2.20. The Hall–Kier alpha value is -1.16. The fourth-order valence-corrected chi connectivity index (χ4v) is 3.59. The molecule has 0 aromatic carbocycles. The minimum Gasteiger partial charge on any atom is -0.481 e. The minimum absolute atomic E-state index is 0.0262. The zero-order valence-electron chi connectivity index (χ0n) is 9.46. The normalized spacial score (nSPS) is 10.4. The smallest absolute Gasteiger partial charge is 0.303 e. The van der Waals surface area contributed by atoms with Gasteiger partial charge in [-0.15, -0.1) is 7.92 Å². The van der Waals surface area contributed by atoms with Crippen molar-refractivity contribution in [1.82, 2.24) is 0 Å². The number of aliphatic carboxylic acids is 3. The summed E-state index contributed by atoms with van der Waals surface area (Å²) in [6.45, 7) is 0. The lowest BCUT2D eigenvalue weighted by molar-refractivity contribution is -0.138. The van der Waals surface area contributed by atoms with E-state index in [0.29, 0.717) is 24.9 Å². The summed E-state index contributed by atoms with van der Waals surface area (Å²) in [5.41, 5.74) is 0. The first-order valence-electron chi connectivity index (χ1n) is 5.29. The number of hydrogen-bond acceptors (Lipinski definition) is 3. The van der Waals surface area contributed by atoms with E-state index in [1.54, 1.807) is 0 Å². The van der Waals surface area contributed by atoms with Crippen LogP contribution in [0.1, 0.15) is 25.7 Å². The molecule has 0 saturated carbocycles. The number of rotatable bonds is 10. The van der Waals surface area contributed by atoms with Crippen LogP contribution in [0, 0.1) is 0 Å². The van der Waals surface area contributed by atoms with Crippen molar-refractivity contribution in [2.45, 2.75) is 25.7 Å². The minimum atomic E-state index is -0.897. The summed E-state index contributed by atoms with van der Waals surface area (Å²) in [5.74, 6) is -2.67. The second-order valence-corrected chi connectivity index (χ2v) is 6.31. The Balaban J connectivity index is 3.95. The van der Waals surface area contributed by atoms with Gasteiger partial charge in [0.2, 0.25) is 0 Å². The summed E-state index contributed by atoms with van der Waals surface area (Å²) < 4.78 is 0. The molecule has 0 saturated heterocycles. The summed E-state index contributed by atoms with van der Waals surface area (Å²) in [6.07, 6.45) is 2.16. The fourth-order valence-electron chi connectivity index (χ4n) is 1.30. The molecule has 0 fully saturated rings. The fraction of sp³-hybridized carbons (Fsp3) is 0.700. The van der Waals surface area contributed by atoms with Gasteiger partial charge >= 0.3 is 17.9 Å². The van der Waals surface area contributed by atoms with Crippen LogP contribution in [-0.4, -0.2) is 51.7 Å². The van der Waals surface area contributed by atoms with Gasteiger partial charge in [0, 0.05) is 19.3 Å². The first-order valence-corrected chi connectivity index (χ1v) is 7.19. The third kappa shape index (κ3) is 11.1. The van der Waals surface area contributed by atoms with Crippen molar-refractivity contribution in [3.8, 4) is 0 Å². The number of carbonyl (C=O) groups is 3. The quantitative estimate of drug-likeness (QED) is 0.512. The predicted octanol–water partition coefficient (Wildman–Crippen LogP) is 1.28. The lowest BCUT2D eigenvalue weighted by Gasteiger charge is -2.15. The van der Waals surface area contributed by atoms with Crippen LogP contribution in [0.4, 0.5) is 0 Å². The van der Waals surface area contributed by atoms with Crippen LogP contribution in [0.5, 0.6) is 0 Å². The molecule has 0 unspecified atom stereocenters. The number of hydrogen-bond donors (Lipinski definition) is 3. The van der Waals surface area contributed by atoms with Gasteiger partial charge in [0.25, 0.3) is 0 Å². The summed E-state index contributed by atoms with van der Waals surface area (Å²) in [4.78, 5) is 31.2. The Kier molecular flexibility index (Phi) is 8.32. The maximum atomic E-state index is 10.4. The van der Waals surface area contributed by atoms with Gasteiger partial charge in [0.15, 0.2) is 0 Å². The molecule has 0 amide bonds. The molecule has 17 heavy (non-hydrogen) atoms. The van der Waals surface area contributed by atoms with Crippen LogP contribution in [0.25, 0.3) is 0 Å². The summed E-state index contributed by atoms with van der Waals surface area (Å²) in [5, 5.41) is 25.6. The highest BCUT2D eigenvalue weighted by atomic mass is 31.1. The summed E-state index contributed by atoms with van der Waals surface area (Å²) in [6, 6.07) is 0. The predicted molar refractivity (Wildman–Crippen MR) is 62.9 cm³/mol. The van der Waals surface area contributed by atoms with E-state index in [1.165, 1.54) is 0 Å². The van der Waals surface area contributed by atoms with Gasteiger partial charge in [-0.25, -0.2) is 0 Å². The Morgan fingerprint density at radius 3 is 1.47 bits per heavy atom. The van der Waals surface area contributed by atoms with E-state index >= 15 is 0 Å². The third-order valence-electron chi connectivity index (χ3n) is 2.15. The molecular formula is C10H17O6P. The van der Waals surface area contributed by atoms with Crippen LogP contribution in [-0.2, 0) is 14.4 Å². The van der Waals surface area contributed by atoms with Gasteiger partial charge in [-0.2, -0.15) is 0 Å². The lowest BCUT2D eigenvalue weighted by atomic mass is 10.3. The molecule has 0 aliphatic carbocycles. The van der Waals surface area contributed by atoms with E-state index in [-0.39, 0.29) is 19.3 Å². The van der Waals surface area contributed by atoms with E-state index in [2.05, 4.69) is 0 Å². The highest BCUT2D eigenvalue weighted by Gasteiger charge is 2.12. The maximum Gasteiger partial charge on any atom is 0.303 e.